The summed E-state index contributed by atoms with van der Waals surface area (Å²) >= 11 is 0. The fraction of sp³-hybridized carbons (Fsp3) is 0.0833. The molecular weight excluding hydrogens is 379 g/mol. The highest BCUT2D eigenvalue weighted by atomic mass is 19.1. The van der Waals surface area contributed by atoms with Gasteiger partial charge in [0.15, 0.2) is 0 Å². The van der Waals surface area contributed by atoms with Gasteiger partial charge in [0.2, 0.25) is 0 Å². The molecule has 0 saturated carbocycles. The maximum absolute atomic E-state index is 13.4. The van der Waals surface area contributed by atoms with E-state index < -0.39 is 5.91 Å². The van der Waals surface area contributed by atoms with Gasteiger partial charge >= 0.3 is 0 Å². The van der Waals surface area contributed by atoms with E-state index in [1.165, 1.54) is 12.1 Å². The molecule has 1 heterocycles. The Morgan fingerprint density at radius 3 is 2.43 bits per heavy atom. The lowest BCUT2D eigenvalue weighted by molar-refractivity contribution is 0.100. The largest absolute Gasteiger partial charge is 0.366 e. The zero-order chi connectivity index (χ0) is 21.3. The number of rotatable bonds is 5. The molecule has 150 valence electrons. The van der Waals surface area contributed by atoms with Gasteiger partial charge in [0.05, 0.1) is 22.6 Å². The van der Waals surface area contributed by atoms with E-state index >= 15 is 0 Å². The number of nitrogens with two attached hydrogens (primary N) is 1. The lowest BCUT2D eigenvalue weighted by Crippen LogP contribution is -2.14. The molecule has 5 nitrogen and oxygen atoms in total. The molecule has 0 atom stereocenters. The molecule has 0 fully saturated rings. The van der Waals surface area contributed by atoms with Crippen LogP contribution in [0.15, 0.2) is 72.8 Å². The standard InChI is InChI=1S/C24H21FN4O/c1-15-7-12-22(16(2)13-15)29-23(27-20-6-4-3-5-19(20)24(26)30)14-21(28-29)17-8-10-18(25)11-9-17/h3-14,27H,1-2H3,(H2,26,30). The van der Waals surface area contributed by atoms with Crippen molar-refractivity contribution in [2.75, 3.05) is 5.32 Å². The number of amides is 1. The monoisotopic (exact) mass is 400 g/mol. The molecule has 0 aliphatic heterocycles. The second kappa shape index (κ2) is 7.83. The molecular formula is C24H21FN4O. The van der Waals surface area contributed by atoms with Crippen molar-refractivity contribution in [3.63, 3.8) is 0 Å². The molecule has 3 N–H and O–H groups in total. The van der Waals surface area contributed by atoms with Crippen LogP contribution < -0.4 is 11.1 Å². The van der Waals surface area contributed by atoms with Crippen LogP contribution in [-0.2, 0) is 0 Å². The third-order valence-corrected chi connectivity index (χ3v) is 4.89. The van der Waals surface area contributed by atoms with Gasteiger partial charge in [-0.2, -0.15) is 5.10 Å². The van der Waals surface area contributed by atoms with Gasteiger partial charge in [-0.1, -0.05) is 29.8 Å². The number of anilines is 2. The molecule has 4 aromatic rings. The average molecular weight is 400 g/mol. The van der Waals surface area contributed by atoms with Crippen molar-refractivity contribution >= 4 is 17.4 Å². The highest BCUT2D eigenvalue weighted by molar-refractivity contribution is 5.99. The SMILES string of the molecule is Cc1ccc(-n2nc(-c3ccc(F)cc3)cc2Nc2ccccc2C(N)=O)c(C)c1. The fourth-order valence-corrected chi connectivity index (χ4v) is 3.40. The number of nitrogens with one attached hydrogen (secondary N) is 1. The molecule has 0 spiro atoms. The molecule has 0 aliphatic rings. The molecule has 30 heavy (non-hydrogen) atoms. The summed E-state index contributed by atoms with van der Waals surface area (Å²) < 4.78 is 15.2. The van der Waals surface area contributed by atoms with E-state index in [1.54, 1.807) is 35.0 Å². The van der Waals surface area contributed by atoms with Crippen LogP contribution in [0.4, 0.5) is 15.9 Å². The topological polar surface area (TPSA) is 72.9 Å². The van der Waals surface area contributed by atoms with Gasteiger partial charge < -0.3 is 11.1 Å². The summed E-state index contributed by atoms with van der Waals surface area (Å²) in [7, 11) is 0. The number of halogens is 1. The maximum Gasteiger partial charge on any atom is 0.250 e. The Morgan fingerprint density at radius 1 is 1.00 bits per heavy atom. The Balaban J connectivity index is 1.86. The fourth-order valence-electron chi connectivity index (χ4n) is 3.40. The minimum Gasteiger partial charge on any atom is -0.366 e. The Bertz CT molecular complexity index is 1230. The lowest BCUT2D eigenvalue weighted by atomic mass is 10.1. The van der Waals surface area contributed by atoms with Gasteiger partial charge in [-0.3, -0.25) is 4.79 Å². The van der Waals surface area contributed by atoms with E-state index in [0.29, 0.717) is 22.8 Å². The minimum absolute atomic E-state index is 0.304. The normalized spacial score (nSPS) is 10.8. The predicted octanol–water partition coefficient (Wildman–Crippen LogP) is 5.14. The first-order valence-corrected chi connectivity index (χ1v) is 9.52. The zero-order valence-electron chi connectivity index (χ0n) is 16.7. The average Bonchev–Trinajstić information content (AvgIpc) is 3.12. The van der Waals surface area contributed by atoms with Gasteiger partial charge in [-0.05, 0) is 61.9 Å². The van der Waals surface area contributed by atoms with Crippen molar-refractivity contribution < 1.29 is 9.18 Å². The molecule has 0 unspecified atom stereocenters. The third-order valence-electron chi connectivity index (χ3n) is 4.89. The molecule has 6 heteroatoms. The molecule has 1 aromatic heterocycles. The van der Waals surface area contributed by atoms with Gasteiger partial charge in [-0.25, -0.2) is 9.07 Å². The molecule has 0 bridgehead atoms. The van der Waals surface area contributed by atoms with Crippen LogP contribution in [0.3, 0.4) is 0 Å². The molecule has 0 saturated heterocycles. The van der Waals surface area contributed by atoms with Crippen LogP contribution in [0.2, 0.25) is 0 Å². The number of hydrogen-bond donors (Lipinski definition) is 2. The summed E-state index contributed by atoms with van der Waals surface area (Å²) in [5.41, 5.74) is 11.1. The first-order valence-electron chi connectivity index (χ1n) is 9.52. The number of carbonyl (C=O) groups is 1. The van der Waals surface area contributed by atoms with Crippen molar-refractivity contribution in [2.45, 2.75) is 13.8 Å². The lowest BCUT2D eigenvalue weighted by Gasteiger charge is -2.14. The van der Waals surface area contributed by atoms with Crippen LogP contribution in [-0.4, -0.2) is 15.7 Å². The summed E-state index contributed by atoms with van der Waals surface area (Å²) in [6.45, 7) is 4.05. The first-order chi connectivity index (χ1) is 14.4. The summed E-state index contributed by atoms with van der Waals surface area (Å²) in [6.07, 6.45) is 0. The van der Waals surface area contributed by atoms with Crippen LogP contribution in [0.25, 0.3) is 16.9 Å². The second-order valence-electron chi connectivity index (χ2n) is 7.16. The Labute approximate surface area is 174 Å². The predicted molar refractivity (Wildman–Crippen MR) is 117 cm³/mol. The van der Waals surface area contributed by atoms with Crippen LogP contribution in [0.1, 0.15) is 21.5 Å². The van der Waals surface area contributed by atoms with Crippen molar-refractivity contribution in [3.05, 3.63) is 95.3 Å². The molecule has 0 aliphatic carbocycles. The summed E-state index contributed by atoms with van der Waals surface area (Å²) in [5, 5.41) is 8.05. The molecule has 3 aromatic carbocycles. The summed E-state index contributed by atoms with van der Waals surface area (Å²) in [4.78, 5) is 11.8. The Hall–Kier alpha value is -3.93. The minimum atomic E-state index is -0.519. The Kier molecular flexibility index (Phi) is 5.06. The van der Waals surface area contributed by atoms with Crippen molar-refractivity contribution in [3.8, 4) is 16.9 Å². The van der Waals surface area contributed by atoms with Gasteiger partial charge in [-0.15, -0.1) is 0 Å². The number of carbonyl (C=O) groups excluding carboxylic acids is 1. The molecule has 4 rings (SSSR count). The number of nitrogens with zero attached hydrogens (tertiary/aromatic N) is 2. The highest BCUT2D eigenvalue weighted by Gasteiger charge is 2.16. The summed E-state index contributed by atoms with van der Waals surface area (Å²) in [5.74, 6) is -0.161. The van der Waals surface area contributed by atoms with E-state index in [4.69, 9.17) is 10.8 Å². The van der Waals surface area contributed by atoms with Crippen LogP contribution in [0, 0.1) is 19.7 Å². The van der Waals surface area contributed by atoms with Crippen LogP contribution in [0.5, 0.6) is 0 Å². The van der Waals surface area contributed by atoms with E-state index in [-0.39, 0.29) is 5.82 Å². The van der Waals surface area contributed by atoms with E-state index in [2.05, 4.69) is 11.4 Å². The van der Waals surface area contributed by atoms with Crippen molar-refractivity contribution in [1.29, 1.82) is 0 Å². The first kappa shape index (κ1) is 19.4. The van der Waals surface area contributed by atoms with Crippen LogP contribution >= 0.6 is 0 Å². The van der Waals surface area contributed by atoms with E-state index in [9.17, 15) is 9.18 Å². The third kappa shape index (κ3) is 3.80. The van der Waals surface area contributed by atoms with Gasteiger partial charge in [0.25, 0.3) is 5.91 Å². The second-order valence-corrected chi connectivity index (χ2v) is 7.16. The smallest absolute Gasteiger partial charge is 0.250 e. The Morgan fingerprint density at radius 2 is 1.73 bits per heavy atom. The quantitative estimate of drug-likeness (QED) is 0.487. The maximum atomic E-state index is 13.4. The number of aromatic nitrogens is 2. The van der Waals surface area contributed by atoms with Gasteiger partial charge in [0.1, 0.15) is 11.6 Å². The number of para-hydroxylation sites is 1. The van der Waals surface area contributed by atoms with E-state index in [0.717, 1.165) is 22.4 Å². The number of hydrogen-bond acceptors (Lipinski definition) is 3. The van der Waals surface area contributed by atoms with Crippen molar-refractivity contribution in [2.24, 2.45) is 5.73 Å². The summed E-state index contributed by atoms with van der Waals surface area (Å²) in [6, 6.07) is 21.2. The number of aryl methyl sites for hydroxylation is 2. The zero-order valence-corrected chi connectivity index (χ0v) is 16.7. The molecule has 1 amide bonds. The van der Waals surface area contributed by atoms with Gasteiger partial charge in [0, 0.05) is 11.6 Å². The molecule has 0 radical (unpaired) electrons. The highest BCUT2D eigenvalue weighted by Crippen LogP contribution is 2.29. The van der Waals surface area contributed by atoms with E-state index in [1.807, 2.05) is 38.1 Å². The van der Waals surface area contributed by atoms with Crippen molar-refractivity contribution in [1.82, 2.24) is 9.78 Å². The number of primary amides is 1. The number of benzene rings is 3.